The summed E-state index contributed by atoms with van der Waals surface area (Å²) in [4.78, 5) is 0. The van der Waals surface area contributed by atoms with E-state index in [1.807, 2.05) is 11.3 Å². The van der Waals surface area contributed by atoms with Gasteiger partial charge in [-0.3, -0.25) is 0 Å². The second-order valence-electron chi connectivity index (χ2n) is 16.1. The van der Waals surface area contributed by atoms with Crippen LogP contribution >= 0.6 is 11.3 Å². The zero-order valence-electron chi connectivity index (χ0n) is 30.5. The fourth-order valence-corrected chi connectivity index (χ4v) is 18.3. The molecule has 0 fully saturated rings. The average molecular weight is 759 g/mol. The van der Waals surface area contributed by atoms with E-state index >= 15 is 0 Å². The minimum atomic E-state index is -2.97. The highest BCUT2D eigenvalue weighted by molar-refractivity contribution is 7.26. The van der Waals surface area contributed by atoms with Crippen LogP contribution in [0.2, 0.25) is 0 Å². The molecule has 3 aliphatic heterocycles. The average Bonchev–Trinajstić information content (AvgIpc) is 4.04. The molecular formula is C51H30N4SSi+2. The fourth-order valence-electron chi connectivity index (χ4n) is 11.9. The van der Waals surface area contributed by atoms with E-state index in [0.717, 1.165) is 0 Å². The fraction of sp³-hybridized carbons (Fsp3) is 0.0196. The number of aromatic nitrogens is 4. The number of fused-ring (bicyclic) bond motifs is 11. The molecule has 1 unspecified atom stereocenters. The van der Waals surface area contributed by atoms with Gasteiger partial charge in [0.05, 0.1) is 22.7 Å². The molecule has 0 aliphatic carbocycles. The molecule has 3 aliphatic rings. The Morgan fingerprint density at radius 1 is 0.491 bits per heavy atom. The third-order valence-electron chi connectivity index (χ3n) is 13.8. The molecule has 57 heavy (non-hydrogen) atoms. The van der Waals surface area contributed by atoms with Crippen LogP contribution in [0.5, 0.6) is 0 Å². The highest BCUT2D eigenvalue weighted by Gasteiger charge is 2.68. The molecule has 262 valence electrons. The van der Waals surface area contributed by atoms with Gasteiger partial charge in [0, 0.05) is 53.8 Å². The van der Waals surface area contributed by atoms with E-state index in [1.54, 1.807) is 0 Å². The number of para-hydroxylation sites is 1. The molecule has 0 saturated heterocycles. The number of nitrogens with zero attached hydrogens (tertiary/aromatic N) is 4. The largest absolute Gasteiger partial charge is 0.311 e. The number of hydrogen-bond acceptors (Lipinski definition) is 1. The van der Waals surface area contributed by atoms with Gasteiger partial charge >= 0.3 is 5.66 Å². The predicted molar refractivity (Wildman–Crippen MR) is 235 cm³/mol. The van der Waals surface area contributed by atoms with E-state index in [0.29, 0.717) is 0 Å². The number of hydrogen-bond donors (Lipinski definition) is 0. The van der Waals surface area contributed by atoms with Gasteiger partial charge in [0.2, 0.25) is 0 Å². The normalized spacial score (nSPS) is 17.0. The molecular weight excluding hydrogens is 729 g/mol. The molecule has 0 N–H and O–H groups in total. The number of benzene rings is 7. The van der Waals surface area contributed by atoms with Crippen LogP contribution in [0.25, 0.3) is 75.1 Å². The summed E-state index contributed by atoms with van der Waals surface area (Å²) in [5.41, 5.74) is 7.25. The predicted octanol–water partition coefficient (Wildman–Crippen LogP) is 7.90. The first kappa shape index (κ1) is 29.4. The molecule has 8 heterocycles. The van der Waals surface area contributed by atoms with E-state index in [-0.39, 0.29) is 0 Å². The molecule has 1 spiro atoms. The van der Waals surface area contributed by atoms with Gasteiger partial charge in [0.1, 0.15) is 23.4 Å². The number of rotatable bonds is 2. The number of pyridine rings is 2. The Morgan fingerprint density at radius 3 is 2.02 bits per heavy atom. The molecule has 0 radical (unpaired) electrons. The SMILES string of the molecule is c1ccc([Si]2(c3ccccc3)c3ccc4c5cc6c(cc5n5cc[n+]7c5c4c3C73c4c2ccc2c5ccccc5n(c42)-c2cccc[n+]23)sc2ccccc26)cc1. The zero-order chi connectivity index (χ0) is 36.8. The van der Waals surface area contributed by atoms with E-state index in [9.17, 15) is 0 Å². The Labute approximate surface area is 331 Å². The van der Waals surface area contributed by atoms with Crippen LogP contribution in [-0.4, -0.2) is 17.0 Å². The lowest BCUT2D eigenvalue weighted by atomic mass is 9.85. The minimum Gasteiger partial charge on any atom is -0.195 e. The van der Waals surface area contributed by atoms with Gasteiger partial charge in [-0.25, -0.2) is 0 Å². The van der Waals surface area contributed by atoms with Crippen molar-refractivity contribution in [1.29, 1.82) is 0 Å². The van der Waals surface area contributed by atoms with Crippen molar-refractivity contribution in [2.24, 2.45) is 0 Å². The maximum atomic E-state index is 2.65. The molecule has 4 nitrogen and oxygen atoms in total. The van der Waals surface area contributed by atoms with Crippen molar-refractivity contribution >= 4 is 109 Å². The van der Waals surface area contributed by atoms with E-state index < -0.39 is 13.7 Å². The third-order valence-corrected chi connectivity index (χ3v) is 19.8. The Bertz CT molecular complexity index is 3780. The summed E-state index contributed by atoms with van der Waals surface area (Å²) in [5, 5.41) is 15.0. The summed E-state index contributed by atoms with van der Waals surface area (Å²) in [6, 6.07) is 62.7. The first-order chi connectivity index (χ1) is 28.3. The topological polar surface area (TPSA) is 17.1 Å². The number of thiophene rings is 1. The van der Waals surface area contributed by atoms with Gasteiger partial charge in [-0.15, -0.1) is 11.3 Å². The van der Waals surface area contributed by atoms with E-state index in [4.69, 9.17) is 0 Å². The van der Waals surface area contributed by atoms with Gasteiger partial charge in [-0.05, 0) is 57.1 Å². The Hall–Kier alpha value is -6.86. The summed E-state index contributed by atoms with van der Waals surface area (Å²) in [6.07, 6.45) is 7.07. The van der Waals surface area contributed by atoms with Crippen molar-refractivity contribution < 1.29 is 9.13 Å². The highest BCUT2D eigenvalue weighted by atomic mass is 32.1. The van der Waals surface area contributed by atoms with Crippen LogP contribution in [-0.2, 0) is 5.66 Å². The van der Waals surface area contributed by atoms with Crippen molar-refractivity contribution in [3.8, 4) is 5.82 Å². The van der Waals surface area contributed by atoms with Crippen LogP contribution in [0.3, 0.4) is 0 Å². The molecule has 1 atom stereocenters. The van der Waals surface area contributed by atoms with Crippen molar-refractivity contribution in [2.45, 2.75) is 5.66 Å². The molecule has 0 saturated carbocycles. The Balaban J connectivity index is 1.26. The molecule has 5 aromatic heterocycles. The van der Waals surface area contributed by atoms with Crippen molar-refractivity contribution in [2.75, 3.05) is 0 Å². The standard InChI is InChI=1S/C51H30N4SSi/c1-3-13-31(14-4-1)57(32-15-5-2-6-16-32)43-24-22-35-37-29-38-34-18-8-10-20-41(34)56-42(38)30-40(37)52-27-28-54-50(52)46(35)47(43)51(54)48-44(57)25-23-36-33-17-7-9-19-39(33)55(49(36)48)45-21-11-12-26-53(45)51/h1-30H/q+2. The maximum Gasteiger partial charge on any atom is 0.311 e. The van der Waals surface area contributed by atoms with Crippen molar-refractivity contribution in [3.05, 3.63) is 194 Å². The van der Waals surface area contributed by atoms with Crippen LogP contribution in [0.1, 0.15) is 11.1 Å². The van der Waals surface area contributed by atoms with Crippen LogP contribution < -0.4 is 29.9 Å². The van der Waals surface area contributed by atoms with Gasteiger partial charge in [-0.1, -0.05) is 115 Å². The van der Waals surface area contributed by atoms with E-state index in [1.165, 1.54) is 107 Å². The Morgan fingerprint density at radius 2 is 1.19 bits per heavy atom. The second-order valence-corrected chi connectivity index (χ2v) is 20.9. The van der Waals surface area contributed by atoms with E-state index in [2.05, 4.69) is 200 Å². The summed E-state index contributed by atoms with van der Waals surface area (Å²) in [6.45, 7) is 0. The van der Waals surface area contributed by atoms with Crippen LogP contribution in [0, 0.1) is 0 Å². The zero-order valence-corrected chi connectivity index (χ0v) is 32.3. The summed E-state index contributed by atoms with van der Waals surface area (Å²) in [7, 11) is -2.97. The van der Waals surface area contributed by atoms with Gasteiger partial charge in [0.15, 0.2) is 13.6 Å². The first-order valence-electron chi connectivity index (χ1n) is 19.8. The molecule has 6 heteroatoms. The smallest absolute Gasteiger partial charge is 0.195 e. The molecule has 12 aromatic rings. The second kappa shape index (κ2) is 9.74. The lowest BCUT2D eigenvalue weighted by Crippen LogP contribution is -2.86. The van der Waals surface area contributed by atoms with Crippen molar-refractivity contribution in [3.63, 3.8) is 0 Å². The van der Waals surface area contributed by atoms with Crippen LogP contribution in [0.4, 0.5) is 0 Å². The van der Waals surface area contributed by atoms with Gasteiger partial charge < -0.3 is 0 Å². The quantitative estimate of drug-likeness (QED) is 0.0970. The third kappa shape index (κ3) is 3.05. The molecule has 0 bridgehead atoms. The van der Waals surface area contributed by atoms with Gasteiger partial charge in [0.25, 0.3) is 11.5 Å². The lowest BCUT2D eigenvalue weighted by Gasteiger charge is -2.45. The molecule has 0 amide bonds. The summed E-state index contributed by atoms with van der Waals surface area (Å²) in [5.74, 6) is 1.18. The number of imidazole rings is 1. The van der Waals surface area contributed by atoms with Gasteiger partial charge in [-0.2, -0.15) is 18.1 Å². The Kier molecular flexibility index (Phi) is 5.03. The summed E-state index contributed by atoms with van der Waals surface area (Å²) < 4.78 is 13.0. The highest BCUT2D eigenvalue weighted by Crippen LogP contribution is 2.50. The minimum absolute atomic E-state index is 0.663. The molecule has 15 rings (SSSR count). The lowest BCUT2D eigenvalue weighted by molar-refractivity contribution is -0.956. The summed E-state index contributed by atoms with van der Waals surface area (Å²) >= 11 is 1.90. The maximum absolute atomic E-state index is 2.97. The monoisotopic (exact) mass is 758 g/mol. The van der Waals surface area contributed by atoms with Crippen molar-refractivity contribution in [1.82, 2.24) is 8.97 Å². The first-order valence-corrected chi connectivity index (χ1v) is 22.6. The van der Waals surface area contributed by atoms with Crippen LogP contribution in [0.15, 0.2) is 182 Å². The molecule has 7 aromatic carbocycles.